The molecular weight excluding hydrogens is 1680 g/mol. The summed E-state index contributed by atoms with van der Waals surface area (Å²) in [6, 6.07) is 28.2. The summed E-state index contributed by atoms with van der Waals surface area (Å²) in [7, 11) is 0. The number of aryl methyl sites for hydroxylation is 2. The van der Waals surface area contributed by atoms with Crippen LogP contribution in [-0.4, -0.2) is 6.61 Å². The first-order valence-corrected chi connectivity index (χ1v) is 21.1. The molecule has 1 nitrogen and oxygen atoms in total. The normalized spacial score (nSPS) is 13.7. The van der Waals surface area contributed by atoms with Crippen molar-refractivity contribution in [1.82, 2.24) is 0 Å². The minimum absolute atomic E-state index is 0. The second-order valence-electron chi connectivity index (χ2n) is 15.6. The molecule has 5 aromatic carbocycles. The first kappa shape index (κ1) is 88.6. The smallest absolute Gasteiger partial charge is 0.200 e. The summed E-state index contributed by atoms with van der Waals surface area (Å²) in [5.41, 5.74) is 2.20. The van der Waals surface area contributed by atoms with Crippen LogP contribution in [0.1, 0.15) is 106 Å². The predicted octanol–water partition coefficient (Wildman–Crippen LogP) is 15.0. The van der Waals surface area contributed by atoms with Gasteiger partial charge in [-0.25, -0.2) is 17.6 Å². The third-order valence-electron chi connectivity index (χ3n) is 11.3. The molecular formula is C52H51F8OY10-7. The van der Waals surface area contributed by atoms with E-state index in [4.69, 9.17) is 4.74 Å². The molecule has 71 heavy (non-hydrogen) atoms. The Morgan fingerprint density at radius 2 is 0.944 bits per heavy atom. The van der Waals surface area contributed by atoms with E-state index in [0.717, 1.165) is 57.8 Å². The van der Waals surface area contributed by atoms with Crippen molar-refractivity contribution in [2.45, 2.75) is 103 Å². The van der Waals surface area contributed by atoms with Gasteiger partial charge in [-0.1, -0.05) is 44.6 Å². The van der Waals surface area contributed by atoms with Crippen molar-refractivity contribution in [3.8, 4) is 16.9 Å². The van der Waals surface area contributed by atoms with Crippen LogP contribution in [0.25, 0.3) is 11.1 Å². The van der Waals surface area contributed by atoms with Crippen molar-refractivity contribution in [2.24, 2.45) is 11.8 Å². The minimum atomic E-state index is -0.949. The molecule has 358 valence electrons. The maximum atomic E-state index is 13.5. The summed E-state index contributed by atoms with van der Waals surface area (Å²) in [6.45, 7) is 2.02. The molecule has 3 saturated carbocycles. The Labute approximate surface area is 670 Å². The fourth-order valence-corrected chi connectivity index (χ4v) is 7.70. The van der Waals surface area contributed by atoms with Crippen molar-refractivity contribution in [3.63, 3.8) is 0 Å². The molecule has 8 rings (SSSR count). The van der Waals surface area contributed by atoms with Crippen LogP contribution in [0.2, 0.25) is 0 Å². The van der Waals surface area contributed by atoms with Crippen LogP contribution in [0, 0.1) is 109 Å². The van der Waals surface area contributed by atoms with Gasteiger partial charge in [0.25, 0.3) is 0 Å². The first-order valence-electron chi connectivity index (χ1n) is 21.1. The quantitative estimate of drug-likeness (QED) is 0.111. The van der Waals surface area contributed by atoms with Gasteiger partial charge >= 0.3 is 0 Å². The molecule has 0 spiro atoms. The molecule has 0 unspecified atom stereocenters. The van der Waals surface area contributed by atoms with E-state index in [2.05, 4.69) is 43.5 Å². The molecule has 10 radical (unpaired) electrons. The first-order chi connectivity index (χ1) is 29.5. The van der Waals surface area contributed by atoms with Gasteiger partial charge in [-0.2, -0.15) is 110 Å². The summed E-state index contributed by atoms with van der Waals surface area (Å²) < 4.78 is 111. The molecule has 0 saturated heterocycles. The van der Waals surface area contributed by atoms with Crippen LogP contribution >= 0.6 is 0 Å². The van der Waals surface area contributed by atoms with Crippen molar-refractivity contribution in [1.29, 1.82) is 0 Å². The van der Waals surface area contributed by atoms with Crippen molar-refractivity contribution in [2.75, 3.05) is 6.61 Å². The van der Waals surface area contributed by atoms with E-state index in [9.17, 15) is 35.1 Å². The Morgan fingerprint density at radius 3 is 1.49 bits per heavy atom. The molecule has 0 bridgehead atoms. The number of hydrogen-bond donors (Lipinski definition) is 0. The Kier molecular flexibility index (Phi) is 63.5. The summed E-state index contributed by atoms with van der Waals surface area (Å²) in [5.74, 6) is -5.26. The zero-order valence-corrected chi connectivity index (χ0v) is 68.6. The van der Waals surface area contributed by atoms with Crippen LogP contribution in [0.3, 0.4) is 0 Å². The zero-order chi connectivity index (χ0) is 43.6. The fraction of sp³-hybridized carbons (Fsp3) is 0.365. The average Bonchev–Trinajstić information content (AvgIpc) is 3.30. The van der Waals surface area contributed by atoms with Crippen LogP contribution < -0.4 is 4.74 Å². The van der Waals surface area contributed by atoms with E-state index >= 15 is 0 Å². The maximum Gasteiger partial charge on any atom is 0.200 e. The monoisotopic (exact) mass is 1730 g/mol. The van der Waals surface area contributed by atoms with Crippen LogP contribution in [0.4, 0.5) is 35.1 Å². The second-order valence-corrected chi connectivity index (χ2v) is 15.6. The molecule has 0 aliphatic heterocycles. The summed E-state index contributed by atoms with van der Waals surface area (Å²) in [5, 5.41) is 0. The molecule has 3 aliphatic rings. The van der Waals surface area contributed by atoms with Gasteiger partial charge in [0.1, 0.15) is 0 Å². The molecule has 0 aromatic heterocycles. The second kappa shape index (κ2) is 50.9. The van der Waals surface area contributed by atoms with Gasteiger partial charge in [-0.3, -0.25) is 13.2 Å². The molecule has 0 atom stereocenters. The average molecular weight is 1730 g/mol. The van der Waals surface area contributed by atoms with E-state index in [1.54, 1.807) is 49.4 Å². The van der Waals surface area contributed by atoms with Gasteiger partial charge in [0, 0.05) is 362 Å². The molecule has 0 amide bonds. The minimum Gasteiger partial charge on any atom is -0.490 e. The SMILES string of the molecule is Cc1ccc(OCC2CC[CH-]CC2)c(F)c1F.Fc1[c-]ccc(-c2cc[c-]cc2)c1F.Fc1[c-]ccc(C2CC[CH-]CC2)c1F.Fc1[c-]ccc(CCC2CC[CH-]CC2)c1F.[Y].[Y].[Y].[Y].[Y].[Y].[Y].[Y].[Y].[Y]. The third-order valence-corrected chi connectivity index (χ3v) is 11.3. The Hall–Kier alpha value is 6.38. The molecule has 5 aromatic rings. The van der Waals surface area contributed by atoms with Crippen molar-refractivity contribution >= 4 is 0 Å². The van der Waals surface area contributed by atoms with Gasteiger partial charge in [0.15, 0.2) is 11.6 Å². The number of halogens is 8. The molecule has 0 N–H and O–H groups in total. The van der Waals surface area contributed by atoms with E-state index in [1.165, 1.54) is 56.0 Å². The standard InChI is InChI=1S/C14H17F2O.C14H16F2.C12H12F2.C12H6F2.10Y/c1-10-7-8-12(14(16)13(10)15)17-9-11-5-3-2-4-6-11;15-13-8-4-7-12(14(13)16)10-9-11-5-2-1-3-6-11;2*13-11-8-4-7-10(12(11)14)9-5-2-1-3-6-9;;;;;;;;;;/h2,7-8,11H,3-6,9H2,1H3;1,4,7,11H,2-3,5-6,9-10H2;1,4,7,9H,2-3,5-6H2;2-7H;;;;;;;;;;/q-1;3*-2;;;;;;;;;;. The number of ether oxygens (including phenoxy) is 1. The van der Waals surface area contributed by atoms with E-state index < -0.39 is 46.5 Å². The Bertz CT molecular complexity index is 2110. The summed E-state index contributed by atoms with van der Waals surface area (Å²) in [6.07, 6.45) is 21.4. The zero-order valence-electron chi connectivity index (χ0n) is 40.2. The van der Waals surface area contributed by atoms with E-state index in [1.807, 2.05) is 0 Å². The molecule has 19 heteroatoms. The molecule has 3 fully saturated rings. The van der Waals surface area contributed by atoms with Crippen LogP contribution in [0.15, 0.2) is 72.8 Å². The van der Waals surface area contributed by atoms with Gasteiger partial charge < -0.3 is 24.0 Å². The van der Waals surface area contributed by atoms with Gasteiger partial charge in [-0.15, -0.1) is 40.5 Å². The molecule has 3 aliphatic carbocycles. The maximum absolute atomic E-state index is 13.5. The van der Waals surface area contributed by atoms with Gasteiger partial charge in [0.2, 0.25) is 5.82 Å². The molecule has 0 heterocycles. The summed E-state index contributed by atoms with van der Waals surface area (Å²) in [4.78, 5) is 0. The van der Waals surface area contributed by atoms with Crippen LogP contribution in [0.5, 0.6) is 5.75 Å². The van der Waals surface area contributed by atoms with E-state index in [-0.39, 0.29) is 344 Å². The number of rotatable bonds is 8. The van der Waals surface area contributed by atoms with E-state index in [0.29, 0.717) is 47.1 Å². The number of hydrogen-bond acceptors (Lipinski definition) is 1. The van der Waals surface area contributed by atoms with Crippen LogP contribution in [-0.2, 0) is 334 Å². The Balaban J connectivity index is -0.000000190. The topological polar surface area (TPSA) is 9.23 Å². The number of benzene rings is 5. The third kappa shape index (κ3) is 31.7. The van der Waals surface area contributed by atoms with Gasteiger partial charge in [0.05, 0.1) is 6.61 Å². The fourth-order valence-electron chi connectivity index (χ4n) is 7.70. The van der Waals surface area contributed by atoms with Crippen molar-refractivity contribution in [3.05, 3.63) is 180 Å². The van der Waals surface area contributed by atoms with Gasteiger partial charge in [-0.05, 0) is 49.1 Å². The Morgan fingerprint density at radius 1 is 0.479 bits per heavy atom. The largest absolute Gasteiger partial charge is 0.490 e. The van der Waals surface area contributed by atoms with Crippen molar-refractivity contribution < 1.29 is 367 Å². The summed E-state index contributed by atoms with van der Waals surface area (Å²) >= 11 is 0. The predicted molar refractivity (Wildman–Crippen MR) is 223 cm³/mol.